The summed E-state index contributed by atoms with van der Waals surface area (Å²) in [7, 11) is 1.09. The molecule has 0 unspecified atom stereocenters. The topological polar surface area (TPSA) is 203 Å². The van der Waals surface area contributed by atoms with E-state index in [-0.39, 0.29) is 59.4 Å². The number of esters is 2. The van der Waals surface area contributed by atoms with Gasteiger partial charge in [0.15, 0.2) is 11.2 Å². The summed E-state index contributed by atoms with van der Waals surface area (Å²) >= 11 is 0. The van der Waals surface area contributed by atoms with Crippen LogP contribution in [0.5, 0.6) is 0 Å². The molecule has 3 N–H and O–H groups in total. The van der Waals surface area contributed by atoms with E-state index in [1.807, 2.05) is 13.8 Å². The largest absolute Gasteiger partial charge is 0.471 e. The van der Waals surface area contributed by atoms with E-state index in [1.54, 1.807) is 13.8 Å². The molecule has 0 saturated heterocycles. The summed E-state index contributed by atoms with van der Waals surface area (Å²) in [5.74, 6) is -5.45. The number of hydrogen-bond donors (Lipinski definition) is 3. The molecular formula is C30H34F3N7O8. The van der Waals surface area contributed by atoms with Crippen molar-refractivity contribution in [3.63, 3.8) is 0 Å². The lowest BCUT2D eigenvalue weighted by atomic mass is 10.1. The average molecular weight is 678 g/mol. The highest BCUT2D eigenvalue weighted by molar-refractivity contribution is 5.99. The van der Waals surface area contributed by atoms with Crippen molar-refractivity contribution >= 4 is 52.5 Å². The number of ether oxygens (including phenoxy) is 2. The highest BCUT2D eigenvalue weighted by atomic mass is 19.4. The zero-order valence-corrected chi connectivity index (χ0v) is 26.6. The van der Waals surface area contributed by atoms with Gasteiger partial charge < -0.3 is 14.8 Å². The van der Waals surface area contributed by atoms with Gasteiger partial charge in [0.05, 0.1) is 32.2 Å². The fourth-order valence-corrected chi connectivity index (χ4v) is 3.97. The second-order valence-corrected chi connectivity index (χ2v) is 11.2. The number of carbonyl (C=O) groups is 5. The number of nitrogens with zero attached hydrogens (tertiary/aromatic N) is 4. The molecule has 258 valence electrons. The van der Waals surface area contributed by atoms with Gasteiger partial charge in [0.2, 0.25) is 11.9 Å². The number of alkyl halides is 3. The maximum absolute atomic E-state index is 13.6. The van der Waals surface area contributed by atoms with Crippen LogP contribution in [0.2, 0.25) is 0 Å². The molecule has 3 amide bonds. The molecule has 18 heteroatoms. The molecule has 0 saturated carbocycles. The molecule has 48 heavy (non-hydrogen) atoms. The Kier molecular flexibility index (Phi) is 12.3. The van der Waals surface area contributed by atoms with Crippen molar-refractivity contribution in [2.75, 3.05) is 23.9 Å². The van der Waals surface area contributed by atoms with Gasteiger partial charge in [-0.3, -0.25) is 39.2 Å². The molecule has 2 heterocycles. The Labute approximate surface area is 271 Å². The van der Waals surface area contributed by atoms with E-state index in [0.29, 0.717) is 4.90 Å². The molecular weight excluding hydrogens is 643 g/mol. The van der Waals surface area contributed by atoms with Crippen LogP contribution >= 0.6 is 0 Å². The number of aromatic amines is 1. The van der Waals surface area contributed by atoms with Crippen LogP contribution in [0.25, 0.3) is 11.2 Å². The maximum atomic E-state index is 13.6. The molecule has 0 fully saturated rings. The SMILES string of the molecule is COC(=O)[C@H](CCC(=O)OCC(C)C)NC(=O)c1ccc(N(Cc2cnc3nc(NC(=O)C(C)C)[nH]c(=O)c3n2)C(=O)C(F)(F)F)cc1. The van der Waals surface area contributed by atoms with E-state index < -0.39 is 59.9 Å². The van der Waals surface area contributed by atoms with Crippen molar-refractivity contribution in [1.82, 2.24) is 25.3 Å². The molecule has 0 aliphatic rings. The number of carbonyl (C=O) groups excluding carboxylic acids is 5. The first kappa shape index (κ1) is 37.0. The first-order valence-electron chi connectivity index (χ1n) is 14.6. The summed E-state index contributed by atoms with van der Waals surface area (Å²) in [6.07, 6.45) is -4.63. The third kappa shape index (κ3) is 10.0. The predicted molar refractivity (Wildman–Crippen MR) is 163 cm³/mol. The van der Waals surface area contributed by atoms with Crippen molar-refractivity contribution in [2.45, 2.75) is 59.3 Å². The van der Waals surface area contributed by atoms with Crippen LogP contribution in [-0.2, 0) is 35.2 Å². The fourth-order valence-electron chi connectivity index (χ4n) is 3.97. The summed E-state index contributed by atoms with van der Waals surface area (Å²) in [6.45, 7) is 6.33. The zero-order valence-electron chi connectivity index (χ0n) is 26.6. The molecule has 1 atom stereocenters. The van der Waals surface area contributed by atoms with Crippen LogP contribution < -0.4 is 21.1 Å². The fraction of sp³-hybridized carbons (Fsp3) is 0.433. The van der Waals surface area contributed by atoms with E-state index in [0.717, 1.165) is 37.6 Å². The van der Waals surface area contributed by atoms with Crippen molar-refractivity contribution < 1.29 is 46.6 Å². The van der Waals surface area contributed by atoms with Gasteiger partial charge in [-0.2, -0.15) is 18.2 Å². The summed E-state index contributed by atoms with van der Waals surface area (Å²) in [4.78, 5) is 88.8. The smallest absolute Gasteiger partial charge is 0.467 e. The Hall–Kier alpha value is -5.42. The van der Waals surface area contributed by atoms with E-state index in [4.69, 9.17) is 9.47 Å². The number of benzene rings is 1. The zero-order chi connectivity index (χ0) is 35.8. The summed E-state index contributed by atoms with van der Waals surface area (Å²) in [5, 5.41) is 4.82. The molecule has 0 radical (unpaired) electrons. The van der Waals surface area contributed by atoms with E-state index in [2.05, 4.69) is 30.6 Å². The normalized spacial score (nSPS) is 12.0. The summed E-state index contributed by atoms with van der Waals surface area (Å²) < 4.78 is 50.6. The van der Waals surface area contributed by atoms with Crippen LogP contribution in [0, 0.1) is 11.8 Å². The summed E-state index contributed by atoms with van der Waals surface area (Å²) in [5.41, 5.74) is -1.97. The number of anilines is 2. The van der Waals surface area contributed by atoms with Gasteiger partial charge >= 0.3 is 24.0 Å². The van der Waals surface area contributed by atoms with E-state index >= 15 is 0 Å². The van der Waals surface area contributed by atoms with E-state index in [1.165, 1.54) is 0 Å². The lowest BCUT2D eigenvalue weighted by Crippen LogP contribution is -2.42. The van der Waals surface area contributed by atoms with Gasteiger partial charge in [-0.15, -0.1) is 0 Å². The average Bonchev–Trinajstić information content (AvgIpc) is 3.03. The third-order valence-corrected chi connectivity index (χ3v) is 6.49. The van der Waals surface area contributed by atoms with Gasteiger partial charge in [-0.1, -0.05) is 27.7 Å². The van der Waals surface area contributed by atoms with Crippen molar-refractivity contribution in [2.24, 2.45) is 11.8 Å². The lowest BCUT2D eigenvalue weighted by Gasteiger charge is -2.24. The van der Waals surface area contributed by atoms with Crippen LogP contribution in [0.15, 0.2) is 35.3 Å². The molecule has 1 aromatic carbocycles. The highest BCUT2D eigenvalue weighted by Gasteiger charge is 2.43. The number of rotatable bonds is 13. The Balaban J connectivity index is 1.82. The minimum atomic E-state index is -5.31. The number of fused-ring (bicyclic) bond motifs is 1. The van der Waals surface area contributed by atoms with Crippen LogP contribution in [-0.4, -0.2) is 75.5 Å². The van der Waals surface area contributed by atoms with Gasteiger partial charge in [0.1, 0.15) is 6.04 Å². The maximum Gasteiger partial charge on any atom is 0.471 e. The van der Waals surface area contributed by atoms with Gasteiger partial charge in [0, 0.05) is 23.6 Å². The minimum Gasteiger partial charge on any atom is -0.467 e. The predicted octanol–water partition coefficient (Wildman–Crippen LogP) is 2.65. The minimum absolute atomic E-state index is 0.0853. The Morgan fingerprint density at radius 3 is 2.27 bits per heavy atom. The standard InChI is InChI=1S/C30H34F3N7O8/c1-15(2)14-48-21(41)11-10-20(27(45)47-5)36-25(43)17-6-8-19(9-7-17)40(28(46)30(31,32)33)13-18-12-34-23-22(35-18)26(44)39-29(37-23)38-24(42)16(3)4/h6-9,12,15-16,20H,10-11,13-14H2,1-5H3,(H,36,43)(H2,34,37,38,39,42,44)/t20-/m0/s1. The van der Waals surface area contributed by atoms with Crippen LogP contribution in [0.4, 0.5) is 24.8 Å². The van der Waals surface area contributed by atoms with E-state index in [9.17, 15) is 41.9 Å². The number of hydrogen-bond acceptors (Lipinski definition) is 11. The van der Waals surface area contributed by atoms with Gasteiger partial charge in [0.25, 0.3) is 11.5 Å². The molecule has 3 aromatic rings. The number of halogens is 3. The molecule has 3 rings (SSSR count). The Morgan fingerprint density at radius 2 is 1.69 bits per heavy atom. The molecule has 0 aliphatic carbocycles. The highest BCUT2D eigenvalue weighted by Crippen LogP contribution is 2.26. The Morgan fingerprint density at radius 1 is 1.02 bits per heavy atom. The number of H-pyrrole nitrogens is 1. The lowest BCUT2D eigenvalue weighted by molar-refractivity contribution is -0.170. The number of amides is 3. The quantitative estimate of drug-likeness (QED) is 0.225. The number of aromatic nitrogens is 4. The monoisotopic (exact) mass is 677 g/mol. The van der Waals surface area contributed by atoms with Crippen LogP contribution in [0.1, 0.15) is 56.6 Å². The van der Waals surface area contributed by atoms with Gasteiger partial charge in [-0.05, 0) is 36.6 Å². The van der Waals surface area contributed by atoms with Gasteiger partial charge in [-0.25, -0.2) is 14.8 Å². The second kappa shape index (κ2) is 15.9. The number of methoxy groups -OCH3 is 1. The first-order valence-corrected chi connectivity index (χ1v) is 14.6. The first-order chi connectivity index (χ1) is 22.5. The Bertz CT molecular complexity index is 1730. The molecule has 0 aliphatic heterocycles. The number of nitrogens with one attached hydrogen (secondary N) is 3. The molecule has 2 aromatic heterocycles. The summed E-state index contributed by atoms with van der Waals surface area (Å²) in [6, 6.07) is 3.16. The second-order valence-electron chi connectivity index (χ2n) is 11.2. The van der Waals surface area contributed by atoms with Crippen LogP contribution in [0.3, 0.4) is 0 Å². The van der Waals surface area contributed by atoms with Crippen molar-refractivity contribution in [1.29, 1.82) is 0 Å². The molecule has 15 nitrogen and oxygen atoms in total. The third-order valence-electron chi connectivity index (χ3n) is 6.49. The molecule has 0 bridgehead atoms. The van der Waals surface area contributed by atoms with Crippen molar-refractivity contribution in [3.8, 4) is 0 Å². The molecule has 0 spiro atoms. The van der Waals surface area contributed by atoms with Crippen molar-refractivity contribution in [3.05, 3.63) is 52.1 Å².